The molecule has 1 saturated heterocycles. The summed E-state index contributed by atoms with van der Waals surface area (Å²) < 4.78 is 11.3. The lowest BCUT2D eigenvalue weighted by Gasteiger charge is -2.26. The Hall–Kier alpha value is -1.34. The lowest BCUT2D eigenvalue weighted by Crippen LogP contribution is -2.37. The molecule has 0 radical (unpaired) electrons. The normalized spacial score (nSPS) is 17.4. The number of methoxy groups -OCH3 is 1. The third-order valence-electron chi connectivity index (χ3n) is 5.44. The largest absolute Gasteiger partial charge is 0.493 e. The van der Waals surface area contributed by atoms with E-state index < -0.39 is 6.10 Å². The lowest BCUT2D eigenvalue weighted by atomic mass is 9.95. The lowest BCUT2D eigenvalue weighted by molar-refractivity contribution is 0.0645. The zero-order valence-electron chi connectivity index (χ0n) is 18.5. The highest BCUT2D eigenvalue weighted by Crippen LogP contribution is 2.28. The number of rotatable bonds is 11. The van der Waals surface area contributed by atoms with Crippen molar-refractivity contribution in [2.45, 2.75) is 58.6 Å². The zero-order chi connectivity index (χ0) is 21.1. The van der Waals surface area contributed by atoms with Gasteiger partial charge in [0.15, 0.2) is 11.5 Å². The number of ether oxygens (including phenoxy) is 2. The summed E-state index contributed by atoms with van der Waals surface area (Å²) in [7, 11) is 1.63. The molecule has 1 atom stereocenters. The molecule has 1 aromatic carbocycles. The van der Waals surface area contributed by atoms with Crippen LogP contribution in [0, 0.1) is 5.41 Å². The van der Waals surface area contributed by atoms with Gasteiger partial charge in [0, 0.05) is 31.7 Å². The average Bonchev–Trinajstić information content (AvgIpc) is 2.68. The van der Waals surface area contributed by atoms with Crippen LogP contribution in [0.4, 0.5) is 0 Å². The summed E-state index contributed by atoms with van der Waals surface area (Å²) in [4.78, 5) is 2.35. The number of aliphatic hydroxyl groups excluding tert-OH is 2. The van der Waals surface area contributed by atoms with Gasteiger partial charge in [-0.1, -0.05) is 39.2 Å². The van der Waals surface area contributed by atoms with Crippen molar-refractivity contribution in [1.29, 1.82) is 0 Å². The molecule has 29 heavy (non-hydrogen) atoms. The van der Waals surface area contributed by atoms with Crippen molar-refractivity contribution in [2.75, 3.05) is 46.5 Å². The van der Waals surface area contributed by atoms with Gasteiger partial charge in [-0.15, -0.1) is 0 Å². The van der Waals surface area contributed by atoms with Crippen LogP contribution in [0.2, 0.25) is 0 Å². The second-order valence-corrected chi connectivity index (χ2v) is 8.94. The number of aliphatic hydroxyl groups is 2. The molecule has 2 rings (SSSR count). The van der Waals surface area contributed by atoms with Gasteiger partial charge in [0.25, 0.3) is 0 Å². The minimum Gasteiger partial charge on any atom is -0.493 e. The fourth-order valence-corrected chi connectivity index (χ4v) is 3.57. The van der Waals surface area contributed by atoms with Crippen LogP contribution in [-0.2, 0) is 6.54 Å². The molecular formula is C23H40N2O4. The van der Waals surface area contributed by atoms with Gasteiger partial charge in [0.05, 0.1) is 7.11 Å². The second kappa shape index (κ2) is 12.4. The molecule has 0 aliphatic carbocycles. The third-order valence-corrected chi connectivity index (χ3v) is 5.44. The van der Waals surface area contributed by atoms with Crippen LogP contribution in [-0.4, -0.2) is 67.7 Å². The van der Waals surface area contributed by atoms with Crippen LogP contribution in [0.25, 0.3) is 0 Å². The summed E-state index contributed by atoms with van der Waals surface area (Å²) >= 11 is 0. The van der Waals surface area contributed by atoms with Gasteiger partial charge in [-0.05, 0) is 43.6 Å². The summed E-state index contributed by atoms with van der Waals surface area (Å²) in [5.41, 5.74) is 0.944. The van der Waals surface area contributed by atoms with E-state index in [1.807, 2.05) is 32.0 Å². The minimum atomic E-state index is -0.513. The molecule has 1 aliphatic rings. The average molecular weight is 409 g/mol. The Morgan fingerprint density at radius 3 is 2.45 bits per heavy atom. The maximum absolute atomic E-state index is 10.4. The molecule has 0 spiro atoms. The summed E-state index contributed by atoms with van der Waals surface area (Å²) in [6.45, 7) is 8.66. The molecule has 6 nitrogen and oxygen atoms in total. The molecule has 0 saturated carbocycles. The van der Waals surface area contributed by atoms with Crippen LogP contribution in [0.1, 0.15) is 51.5 Å². The van der Waals surface area contributed by atoms with Crippen LogP contribution in [0.15, 0.2) is 18.2 Å². The number of likely N-dealkylation sites (tertiary alicyclic amines) is 1. The first-order chi connectivity index (χ1) is 13.9. The van der Waals surface area contributed by atoms with Crippen LogP contribution < -0.4 is 14.8 Å². The molecule has 1 heterocycles. The Labute approximate surface area is 176 Å². The van der Waals surface area contributed by atoms with Gasteiger partial charge >= 0.3 is 0 Å². The van der Waals surface area contributed by atoms with Crippen LogP contribution >= 0.6 is 0 Å². The Kier molecular flexibility index (Phi) is 10.2. The van der Waals surface area contributed by atoms with E-state index in [0.29, 0.717) is 24.6 Å². The maximum atomic E-state index is 10.4. The Morgan fingerprint density at radius 1 is 1.10 bits per heavy atom. The minimum absolute atomic E-state index is 0.143. The van der Waals surface area contributed by atoms with Crippen LogP contribution in [0.3, 0.4) is 0 Å². The second-order valence-electron chi connectivity index (χ2n) is 8.94. The molecule has 166 valence electrons. The Morgan fingerprint density at radius 2 is 1.79 bits per heavy atom. The standard InChI is InChI=1S/C23H40N2O4/c1-23(2,18-26)17-24-14-19-9-10-21(22(13-19)28-3)29-16-20(27)15-25-11-7-5-4-6-8-12-25/h9-10,13,20,24,26-27H,4-8,11-12,14-18H2,1-3H3. The number of nitrogens with one attached hydrogen (secondary N) is 1. The molecule has 1 aliphatic heterocycles. The Balaban J connectivity index is 1.81. The predicted molar refractivity (Wildman–Crippen MR) is 117 cm³/mol. The maximum Gasteiger partial charge on any atom is 0.161 e. The number of nitrogens with zero attached hydrogens (tertiary/aromatic N) is 1. The Bertz CT molecular complexity index is 586. The molecule has 1 fully saturated rings. The summed E-state index contributed by atoms with van der Waals surface area (Å²) in [6.07, 6.45) is 5.84. The van der Waals surface area contributed by atoms with E-state index in [-0.39, 0.29) is 18.6 Å². The van der Waals surface area contributed by atoms with Crippen LogP contribution in [0.5, 0.6) is 11.5 Å². The van der Waals surface area contributed by atoms with Crippen molar-refractivity contribution in [1.82, 2.24) is 10.2 Å². The summed E-state index contributed by atoms with van der Waals surface area (Å²) in [5, 5.41) is 23.1. The highest BCUT2D eigenvalue weighted by atomic mass is 16.5. The fraction of sp³-hybridized carbons (Fsp3) is 0.739. The number of hydrogen-bond acceptors (Lipinski definition) is 6. The van der Waals surface area contributed by atoms with Gasteiger partial charge in [0.2, 0.25) is 0 Å². The van der Waals surface area contributed by atoms with E-state index in [0.717, 1.165) is 25.2 Å². The first kappa shape index (κ1) is 23.9. The van der Waals surface area contributed by atoms with Gasteiger partial charge in [0.1, 0.15) is 12.7 Å². The van der Waals surface area contributed by atoms with Gasteiger partial charge in [-0.2, -0.15) is 0 Å². The SMILES string of the molecule is COc1cc(CNCC(C)(C)CO)ccc1OCC(O)CN1CCCCCCC1. The van der Waals surface area contributed by atoms with E-state index >= 15 is 0 Å². The fourth-order valence-electron chi connectivity index (χ4n) is 3.57. The quantitative estimate of drug-likeness (QED) is 0.523. The topological polar surface area (TPSA) is 74.2 Å². The molecular weight excluding hydrogens is 368 g/mol. The molecule has 0 bridgehead atoms. The third kappa shape index (κ3) is 8.91. The summed E-state index contributed by atoms with van der Waals surface area (Å²) in [6, 6.07) is 5.86. The van der Waals surface area contributed by atoms with Crippen molar-refractivity contribution in [3.63, 3.8) is 0 Å². The molecule has 6 heteroatoms. The van der Waals surface area contributed by atoms with E-state index in [4.69, 9.17) is 9.47 Å². The van der Waals surface area contributed by atoms with E-state index in [1.165, 1.54) is 32.1 Å². The molecule has 3 N–H and O–H groups in total. The van der Waals surface area contributed by atoms with Gasteiger partial charge in [-0.3, -0.25) is 0 Å². The number of hydrogen-bond donors (Lipinski definition) is 3. The highest BCUT2D eigenvalue weighted by Gasteiger charge is 2.17. The molecule has 1 unspecified atom stereocenters. The summed E-state index contributed by atoms with van der Waals surface area (Å²) in [5.74, 6) is 1.32. The predicted octanol–water partition coefficient (Wildman–Crippen LogP) is 2.81. The monoisotopic (exact) mass is 408 g/mol. The number of benzene rings is 1. The van der Waals surface area contributed by atoms with Crippen molar-refractivity contribution in [3.8, 4) is 11.5 Å². The van der Waals surface area contributed by atoms with Gasteiger partial charge in [-0.25, -0.2) is 0 Å². The first-order valence-corrected chi connectivity index (χ1v) is 11.0. The first-order valence-electron chi connectivity index (χ1n) is 11.0. The molecule has 0 amide bonds. The molecule has 1 aromatic rings. The highest BCUT2D eigenvalue weighted by molar-refractivity contribution is 5.43. The van der Waals surface area contributed by atoms with E-state index in [9.17, 15) is 10.2 Å². The van der Waals surface area contributed by atoms with Gasteiger partial charge < -0.3 is 29.9 Å². The molecule has 0 aromatic heterocycles. The van der Waals surface area contributed by atoms with Crippen molar-refractivity contribution >= 4 is 0 Å². The number of β-amino-alcohol motifs (C(OH)–C–C–N with tert-alkyl or cyclic N) is 1. The smallest absolute Gasteiger partial charge is 0.161 e. The van der Waals surface area contributed by atoms with Crippen molar-refractivity contribution in [2.24, 2.45) is 5.41 Å². The van der Waals surface area contributed by atoms with Crippen molar-refractivity contribution < 1.29 is 19.7 Å². The van der Waals surface area contributed by atoms with E-state index in [1.54, 1.807) is 7.11 Å². The van der Waals surface area contributed by atoms with Crippen molar-refractivity contribution in [3.05, 3.63) is 23.8 Å². The zero-order valence-corrected chi connectivity index (χ0v) is 18.5. The van der Waals surface area contributed by atoms with E-state index in [2.05, 4.69) is 10.2 Å².